The molecule has 2 N–H and O–H groups in total. The first-order valence-corrected chi connectivity index (χ1v) is 6.08. The van der Waals surface area contributed by atoms with Crippen molar-refractivity contribution in [1.29, 1.82) is 0 Å². The summed E-state index contributed by atoms with van der Waals surface area (Å²) < 4.78 is 1.73. The van der Waals surface area contributed by atoms with E-state index in [9.17, 15) is 9.59 Å². The first kappa shape index (κ1) is 13.1. The van der Waals surface area contributed by atoms with Gasteiger partial charge in [0, 0.05) is 43.2 Å². The van der Waals surface area contributed by atoms with Crippen LogP contribution in [0.2, 0.25) is 0 Å². The van der Waals surface area contributed by atoms with Crippen molar-refractivity contribution < 1.29 is 4.79 Å². The van der Waals surface area contributed by atoms with Crippen molar-refractivity contribution in [3.8, 4) is 0 Å². The van der Waals surface area contributed by atoms with Gasteiger partial charge in [-0.3, -0.25) is 14.3 Å². The van der Waals surface area contributed by atoms with Gasteiger partial charge in [0.15, 0.2) is 0 Å². The number of nitrogens with one attached hydrogen (secondary N) is 2. The standard InChI is InChI=1S/C13H16N4O2/c1-3-11-10(8-17(2)16-11)7-15-13(19)9-4-5-14-12(18)6-9/h4-6,8H,3,7H2,1-2H3,(H,14,18)(H,15,19). The third-order valence-corrected chi connectivity index (χ3v) is 2.80. The number of aryl methyl sites for hydroxylation is 2. The van der Waals surface area contributed by atoms with Gasteiger partial charge in [-0.1, -0.05) is 6.92 Å². The van der Waals surface area contributed by atoms with Crippen molar-refractivity contribution in [2.75, 3.05) is 0 Å². The molecule has 0 aliphatic rings. The van der Waals surface area contributed by atoms with E-state index in [0.29, 0.717) is 12.1 Å². The molecule has 0 aromatic carbocycles. The molecule has 2 rings (SSSR count). The van der Waals surface area contributed by atoms with E-state index in [-0.39, 0.29) is 11.5 Å². The van der Waals surface area contributed by atoms with Gasteiger partial charge in [-0.25, -0.2) is 0 Å². The van der Waals surface area contributed by atoms with Gasteiger partial charge in [-0.05, 0) is 12.5 Å². The second-order valence-corrected chi connectivity index (χ2v) is 4.25. The Bertz CT molecular complexity index is 642. The van der Waals surface area contributed by atoms with Crippen LogP contribution >= 0.6 is 0 Å². The number of aromatic nitrogens is 3. The lowest BCUT2D eigenvalue weighted by Crippen LogP contribution is -2.24. The molecular weight excluding hydrogens is 244 g/mol. The van der Waals surface area contributed by atoms with Crippen LogP contribution in [0, 0.1) is 0 Å². The summed E-state index contributed by atoms with van der Waals surface area (Å²) in [6.45, 7) is 2.42. The molecule has 19 heavy (non-hydrogen) atoms. The third kappa shape index (κ3) is 3.09. The molecule has 0 atom stereocenters. The van der Waals surface area contributed by atoms with E-state index in [1.165, 1.54) is 12.3 Å². The maximum Gasteiger partial charge on any atom is 0.251 e. The van der Waals surface area contributed by atoms with E-state index in [4.69, 9.17) is 0 Å². The number of carbonyl (C=O) groups is 1. The summed E-state index contributed by atoms with van der Waals surface area (Å²) in [4.78, 5) is 25.5. The molecule has 0 radical (unpaired) electrons. The Labute approximate surface area is 110 Å². The molecular formula is C13H16N4O2. The SMILES string of the molecule is CCc1nn(C)cc1CNC(=O)c1cc[nH]c(=O)c1. The van der Waals surface area contributed by atoms with Gasteiger partial charge in [-0.2, -0.15) is 5.10 Å². The smallest absolute Gasteiger partial charge is 0.251 e. The monoisotopic (exact) mass is 260 g/mol. The normalized spacial score (nSPS) is 10.4. The number of H-pyrrole nitrogens is 1. The zero-order valence-electron chi connectivity index (χ0n) is 10.9. The predicted molar refractivity (Wildman–Crippen MR) is 70.8 cm³/mol. The molecule has 0 aliphatic carbocycles. The maximum atomic E-state index is 11.9. The number of pyridine rings is 1. The first-order valence-electron chi connectivity index (χ1n) is 6.08. The summed E-state index contributed by atoms with van der Waals surface area (Å²) in [5.74, 6) is -0.267. The maximum absolute atomic E-state index is 11.9. The van der Waals surface area contributed by atoms with Crippen molar-refractivity contribution in [3.63, 3.8) is 0 Å². The summed E-state index contributed by atoms with van der Waals surface area (Å²) in [5.41, 5.74) is 2.02. The van der Waals surface area contributed by atoms with Crippen LogP contribution in [0.25, 0.3) is 0 Å². The topological polar surface area (TPSA) is 79.8 Å². The summed E-state index contributed by atoms with van der Waals surface area (Å²) >= 11 is 0. The number of hydrogen-bond donors (Lipinski definition) is 2. The highest BCUT2D eigenvalue weighted by Crippen LogP contribution is 2.07. The van der Waals surface area contributed by atoms with Crippen molar-refractivity contribution in [2.45, 2.75) is 19.9 Å². The van der Waals surface area contributed by atoms with E-state index < -0.39 is 0 Å². The van der Waals surface area contributed by atoms with Crippen LogP contribution in [0.4, 0.5) is 0 Å². The largest absolute Gasteiger partial charge is 0.348 e. The molecule has 2 heterocycles. The Kier molecular flexibility index (Phi) is 3.79. The fourth-order valence-electron chi connectivity index (χ4n) is 1.89. The highest BCUT2D eigenvalue weighted by atomic mass is 16.2. The number of carbonyl (C=O) groups excluding carboxylic acids is 1. The van der Waals surface area contributed by atoms with E-state index in [1.54, 1.807) is 10.7 Å². The Hall–Kier alpha value is -2.37. The van der Waals surface area contributed by atoms with Crippen LogP contribution in [0.5, 0.6) is 0 Å². The minimum Gasteiger partial charge on any atom is -0.348 e. The molecule has 2 aromatic rings. The molecule has 6 heteroatoms. The second-order valence-electron chi connectivity index (χ2n) is 4.25. The van der Waals surface area contributed by atoms with Crippen molar-refractivity contribution in [2.24, 2.45) is 7.05 Å². The second kappa shape index (κ2) is 5.51. The van der Waals surface area contributed by atoms with Gasteiger partial charge < -0.3 is 10.3 Å². The van der Waals surface area contributed by atoms with Crippen LogP contribution in [-0.2, 0) is 20.0 Å². The minimum absolute atomic E-state index is 0.267. The first-order chi connectivity index (χ1) is 9.10. The predicted octanol–water partition coefficient (Wildman–Crippen LogP) is 0.601. The lowest BCUT2D eigenvalue weighted by molar-refractivity contribution is 0.0950. The number of amides is 1. The van der Waals surface area contributed by atoms with E-state index in [2.05, 4.69) is 15.4 Å². The fourth-order valence-corrected chi connectivity index (χ4v) is 1.89. The highest BCUT2D eigenvalue weighted by molar-refractivity contribution is 5.93. The van der Waals surface area contributed by atoms with Gasteiger partial charge in [0.25, 0.3) is 5.91 Å². The summed E-state index contributed by atoms with van der Waals surface area (Å²) in [7, 11) is 1.85. The number of aromatic amines is 1. The quantitative estimate of drug-likeness (QED) is 0.844. The van der Waals surface area contributed by atoms with E-state index >= 15 is 0 Å². The van der Waals surface area contributed by atoms with Gasteiger partial charge in [0.1, 0.15) is 0 Å². The van der Waals surface area contributed by atoms with Crippen LogP contribution in [0.15, 0.2) is 29.3 Å². The summed E-state index contributed by atoms with van der Waals surface area (Å²) in [6.07, 6.45) is 4.16. The summed E-state index contributed by atoms with van der Waals surface area (Å²) in [5, 5.41) is 7.09. The average molecular weight is 260 g/mol. The molecule has 0 spiro atoms. The lowest BCUT2D eigenvalue weighted by Gasteiger charge is -2.04. The molecule has 0 saturated carbocycles. The van der Waals surface area contributed by atoms with Gasteiger partial charge in [0.05, 0.1) is 5.69 Å². The van der Waals surface area contributed by atoms with Gasteiger partial charge in [-0.15, -0.1) is 0 Å². The van der Waals surface area contributed by atoms with Crippen LogP contribution in [0.1, 0.15) is 28.5 Å². The zero-order valence-corrected chi connectivity index (χ0v) is 10.9. The zero-order chi connectivity index (χ0) is 13.8. The van der Waals surface area contributed by atoms with Crippen molar-refractivity contribution in [3.05, 3.63) is 51.7 Å². The minimum atomic E-state index is -0.289. The van der Waals surface area contributed by atoms with Crippen molar-refractivity contribution in [1.82, 2.24) is 20.1 Å². The highest BCUT2D eigenvalue weighted by Gasteiger charge is 2.09. The summed E-state index contributed by atoms with van der Waals surface area (Å²) in [6, 6.07) is 2.85. The number of rotatable bonds is 4. The third-order valence-electron chi connectivity index (χ3n) is 2.80. The van der Waals surface area contributed by atoms with Crippen molar-refractivity contribution >= 4 is 5.91 Å². The average Bonchev–Trinajstić information content (AvgIpc) is 2.76. The molecule has 6 nitrogen and oxygen atoms in total. The van der Waals surface area contributed by atoms with Crippen LogP contribution in [-0.4, -0.2) is 20.7 Å². The fraction of sp³-hybridized carbons (Fsp3) is 0.308. The molecule has 0 saturated heterocycles. The lowest BCUT2D eigenvalue weighted by atomic mass is 10.2. The molecule has 100 valence electrons. The Morgan fingerprint density at radius 3 is 3.00 bits per heavy atom. The van der Waals surface area contributed by atoms with E-state index in [0.717, 1.165) is 17.7 Å². The molecule has 0 bridgehead atoms. The Balaban J connectivity index is 2.06. The van der Waals surface area contributed by atoms with Crippen LogP contribution < -0.4 is 10.9 Å². The molecule has 0 fully saturated rings. The molecule has 0 unspecified atom stereocenters. The molecule has 1 amide bonds. The Morgan fingerprint density at radius 1 is 1.53 bits per heavy atom. The van der Waals surface area contributed by atoms with Gasteiger partial charge in [0.2, 0.25) is 5.56 Å². The molecule has 0 aliphatic heterocycles. The number of hydrogen-bond acceptors (Lipinski definition) is 3. The van der Waals surface area contributed by atoms with Gasteiger partial charge >= 0.3 is 0 Å². The van der Waals surface area contributed by atoms with Crippen LogP contribution in [0.3, 0.4) is 0 Å². The molecule has 2 aromatic heterocycles. The van der Waals surface area contributed by atoms with E-state index in [1.807, 2.05) is 20.2 Å². The number of nitrogens with zero attached hydrogens (tertiary/aromatic N) is 2. The Morgan fingerprint density at radius 2 is 2.32 bits per heavy atom.